The van der Waals surface area contributed by atoms with E-state index in [4.69, 9.17) is 5.11 Å². The van der Waals surface area contributed by atoms with E-state index >= 15 is 0 Å². The van der Waals surface area contributed by atoms with Crippen LogP contribution in [-0.4, -0.2) is 33.5 Å². The van der Waals surface area contributed by atoms with E-state index in [1.165, 1.54) is 41.8 Å². The molecule has 8 heteroatoms. The van der Waals surface area contributed by atoms with Gasteiger partial charge in [0.2, 0.25) is 5.91 Å². The molecular weight excluding hydrogens is 338 g/mol. The summed E-state index contributed by atoms with van der Waals surface area (Å²) in [6.07, 6.45) is 1.60. The molecule has 2 rings (SSSR count). The van der Waals surface area contributed by atoms with Crippen molar-refractivity contribution in [3.63, 3.8) is 0 Å². The fourth-order valence-electron chi connectivity index (χ4n) is 2.18. The SMILES string of the molecule is Cc1ccc(=O)n(CC(=O)Nc2ccc(C(=O)NC(C)C(=O)O)cc2)c1. The second kappa shape index (κ2) is 8.11. The first-order valence-corrected chi connectivity index (χ1v) is 7.87. The standard InChI is InChI=1S/C18H19N3O5/c1-11-3-8-16(23)21(9-11)10-15(22)20-14-6-4-13(5-7-14)17(24)19-12(2)18(25)26/h3-9,12H,10H2,1-2H3,(H,19,24)(H,20,22)(H,25,26). The summed E-state index contributed by atoms with van der Waals surface area (Å²) in [4.78, 5) is 46.4. The number of nitrogens with one attached hydrogen (secondary N) is 2. The van der Waals surface area contributed by atoms with E-state index in [1.807, 2.05) is 6.92 Å². The average Bonchev–Trinajstić information content (AvgIpc) is 2.58. The number of amides is 2. The molecule has 2 amide bonds. The van der Waals surface area contributed by atoms with Gasteiger partial charge in [-0.3, -0.25) is 19.2 Å². The molecule has 1 aromatic carbocycles. The number of carboxylic acid groups (broad SMARTS) is 1. The lowest BCUT2D eigenvalue weighted by atomic mass is 10.2. The Morgan fingerprint density at radius 1 is 1.12 bits per heavy atom. The highest BCUT2D eigenvalue weighted by Crippen LogP contribution is 2.10. The lowest BCUT2D eigenvalue weighted by molar-refractivity contribution is -0.138. The third-order valence-corrected chi connectivity index (χ3v) is 3.59. The zero-order valence-electron chi connectivity index (χ0n) is 14.4. The summed E-state index contributed by atoms with van der Waals surface area (Å²) in [5, 5.41) is 13.8. The minimum Gasteiger partial charge on any atom is -0.480 e. The molecule has 0 radical (unpaired) electrons. The van der Waals surface area contributed by atoms with Crippen molar-refractivity contribution in [1.82, 2.24) is 9.88 Å². The number of hydrogen-bond donors (Lipinski definition) is 3. The summed E-state index contributed by atoms with van der Waals surface area (Å²) in [6, 6.07) is 8.06. The number of carbonyl (C=O) groups excluding carboxylic acids is 2. The first-order valence-electron chi connectivity index (χ1n) is 7.87. The van der Waals surface area contributed by atoms with Gasteiger partial charge in [0.05, 0.1) is 0 Å². The lowest BCUT2D eigenvalue weighted by Crippen LogP contribution is -2.38. The Morgan fingerprint density at radius 2 is 1.77 bits per heavy atom. The first kappa shape index (κ1) is 18.9. The summed E-state index contributed by atoms with van der Waals surface area (Å²) in [7, 11) is 0. The number of rotatable bonds is 6. The lowest BCUT2D eigenvalue weighted by Gasteiger charge is -2.10. The summed E-state index contributed by atoms with van der Waals surface area (Å²) < 4.78 is 1.31. The molecular formula is C18H19N3O5. The summed E-state index contributed by atoms with van der Waals surface area (Å²) >= 11 is 0. The van der Waals surface area contributed by atoms with Crippen LogP contribution in [0.3, 0.4) is 0 Å². The van der Waals surface area contributed by atoms with Crippen molar-refractivity contribution >= 4 is 23.5 Å². The molecule has 1 aromatic heterocycles. The monoisotopic (exact) mass is 357 g/mol. The number of benzene rings is 1. The van der Waals surface area contributed by atoms with Gasteiger partial charge >= 0.3 is 5.97 Å². The van der Waals surface area contributed by atoms with Gasteiger partial charge in [-0.1, -0.05) is 6.07 Å². The average molecular weight is 357 g/mol. The Kier molecular flexibility index (Phi) is 5.90. The fraction of sp³-hybridized carbons (Fsp3) is 0.222. The number of aliphatic carboxylic acids is 1. The van der Waals surface area contributed by atoms with Crippen LogP contribution in [0, 0.1) is 6.92 Å². The first-order chi connectivity index (χ1) is 12.3. The van der Waals surface area contributed by atoms with Crippen molar-refractivity contribution in [2.24, 2.45) is 0 Å². The molecule has 0 bridgehead atoms. The Bertz CT molecular complexity index is 886. The van der Waals surface area contributed by atoms with Crippen LogP contribution >= 0.6 is 0 Å². The molecule has 2 aromatic rings. The van der Waals surface area contributed by atoms with Gasteiger partial charge in [0.15, 0.2) is 0 Å². The molecule has 0 fully saturated rings. The molecule has 0 saturated carbocycles. The number of aromatic nitrogens is 1. The second-order valence-corrected chi connectivity index (χ2v) is 5.83. The van der Waals surface area contributed by atoms with Crippen molar-refractivity contribution < 1.29 is 19.5 Å². The van der Waals surface area contributed by atoms with Gasteiger partial charge < -0.3 is 20.3 Å². The van der Waals surface area contributed by atoms with Gasteiger partial charge in [-0.15, -0.1) is 0 Å². The highest BCUT2D eigenvalue weighted by molar-refractivity contribution is 5.97. The molecule has 1 atom stereocenters. The van der Waals surface area contributed by atoms with Crippen LogP contribution in [0.2, 0.25) is 0 Å². The van der Waals surface area contributed by atoms with Gasteiger partial charge in [0.1, 0.15) is 12.6 Å². The van der Waals surface area contributed by atoms with Crippen molar-refractivity contribution in [2.75, 3.05) is 5.32 Å². The van der Waals surface area contributed by atoms with Crippen LogP contribution in [0.15, 0.2) is 47.4 Å². The van der Waals surface area contributed by atoms with Gasteiger partial charge in [-0.05, 0) is 43.7 Å². The third-order valence-electron chi connectivity index (χ3n) is 3.59. The van der Waals surface area contributed by atoms with Crippen molar-refractivity contribution in [3.8, 4) is 0 Å². The fourth-order valence-corrected chi connectivity index (χ4v) is 2.18. The van der Waals surface area contributed by atoms with Crippen molar-refractivity contribution in [3.05, 3.63) is 64.1 Å². The smallest absolute Gasteiger partial charge is 0.325 e. The van der Waals surface area contributed by atoms with Crippen LogP contribution < -0.4 is 16.2 Å². The number of nitrogens with zero attached hydrogens (tertiary/aromatic N) is 1. The number of pyridine rings is 1. The Labute approximate surface area is 149 Å². The Morgan fingerprint density at radius 3 is 2.38 bits per heavy atom. The summed E-state index contributed by atoms with van der Waals surface area (Å²) in [6.45, 7) is 3.06. The molecule has 0 spiro atoms. The minimum atomic E-state index is -1.13. The number of aryl methyl sites for hydroxylation is 1. The van der Waals surface area contributed by atoms with Gasteiger partial charge in [0, 0.05) is 23.5 Å². The van der Waals surface area contributed by atoms with E-state index in [9.17, 15) is 19.2 Å². The van der Waals surface area contributed by atoms with Gasteiger partial charge in [0.25, 0.3) is 11.5 Å². The number of carbonyl (C=O) groups is 3. The number of hydrogen-bond acceptors (Lipinski definition) is 4. The Hall–Kier alpha value is -3.42. The molecule has 3 N–H and O–H groups in total. The normalized spacial score (nSPS) is 11.5. The molecule has 0 saturated heterocycles. The maximum absolute atomic E-state index is 12.1. The topological polar surface area (TPSA) is 118 Å². The minimum absolute atomic E-state index is 0.126. The van der Waals surface area contributed by atoms with Crippen LogP contribution in [0.4, 0.5) is 5.69 Å². The highest BCUT2D eigenvalue weighted by Gasteiger charge is 2.15. The molecule has 0 aliphatic heterocycles. The van der Waals surface area contributed by atoms with Gasteiger partial charge in [-0.25, -0.2) is 0 Å². The molecule has 1 unspecified atom stereocenters. The maximum atomic E-state index is 12.1. The summed E-state index contributed by atoms with van der Waals surface area (Å²) in [5.74, 6) is -2.04. The van der Waals surface area contributed by atoms with E-state index in [0.29, 0.717) is 5.69 Å². The molecule has 26 heavy (non-hydrogen) atoms. The molecule has 136 valence electrons. The summed E-state index contributed by atoms with van der Waals surface area (Å²) in [5.41, 5.74) is 1.32. The largest absolute Gasteiger partial charge is 0.480 e. The molecule has 8 nitrogen and oxygen atoms in total. The highest BCUT2D eigenvalue weighted by atomic mass is 16.4. The Balaban J connectivity index is 1.99. The zero-order valence-corrected chi connectivity index (χ0v) is 14.4. The van der Waals surface area contributed by atoms with Crippen LogP contribution in [0.1, 0.15) is 22.8 Å². The van der Waals surface area contributed by atoms with Crippen molar-refractivity contribution in [1.29, 1.82) is 0 Å². The molecule has 0 aliphatic carbocycles. The molecule has 0 aliphatic rings. The van der Waals surface area contributed by atoms with E-state index in [0.717, 1.165) is 5.56 Å². The zero-order chi connectivity index (χ0) is 19.3. The van der Waals surface area contributed by atoms with E-state index in [1.54, 1.807) is 12.3 Å². The van der Waals surface area contributed by atoms with Crippen LogP contribution in [0.5, 0.6) is 0 Å². The van der Waals surface area contributed by atoms with E-state index in [2.05, 4.69) is 10.6 Å². The predicted octanol–water partition coefficient (Wildman–Crippen LogP) is 0.998. The third kappa shape index (κ3) is 5.04. The number of carboxylic acids is 1. The van der Waals surface area contributed by atoms with Crippen molar-refractivity contribution in [2.45, 2.75) is 26.4 Å². The van der Waals surface area contributed by atoms with Gasteiger partial charge in [-0.2, -0.15) is 0 Å². The van der Waals surface area contributed by atoms with Crippen LogP contribution in [-0.2, 0) is 16.1 Å². The quantitative estimate of drug-likeness (QED) is 0.713. The number of anilines is 1. The van der Waals surface area contributed by atoms with Crippen LogP contribution in [0.25, 0.3) is 0 Å². The van der Waals surface area contributed by atoms with E-state index in [-0.39, 0.29) is 23.6 Å². The maximum Gasteiger partial charge on any atom is 0.325 e. The predicted molar refractivity (Wildman–Crippen MR) is 95.1 cm³/mol. The van der Waals surface area contributed by atoms with E-state index < -0.39 is 17.9 Å². The second-order valence-electron chi connectivity index (χ2n) is 5.83. The molecule has 1 heterocycles.